The van der Waals surface area contributed by atoms with Gasteiger partial charge in [0.05, 0.1) is 6.04 Å². The minimum atomic E-state index is -1.23. The molecule has 0 aliphatic carbocycles. The van der Waals surface area contributed by atoms with Gasteiger partial charge in [-0.3, -0.25) is 14.4 Å². The molecular formula is C30H42N4O6. The maximum atomic E-state index is 13.4. The van der Waals surface area contributed by atoms with Crippen LogP contribution < -0.4 is 21.7 Å². The third-order valence-corrected chi connectivity index (χ3v) is 6.81. The summed E-state index contributed by atoms with van der Waals surface area (Å²) in [4.78, 5) is 51.6. The average Bonchev–Trinajstić information content (AvgIpc) is 2.92. The zero-order chi connectivity index (χ0) is 29.8. The molecule has 0 aromatic heterocycles. The number of phenolic OH excluding ortho intramolecular Hbond substituents is 1. The highest BCUT2D eigenvalue weighted by Crippen LogP contribution is 2.14. The highest BCUT2D eigenvalue weighted by Gasteiger charge is 2.31. The summed E-state index contributed by atoms with van der Waals surface area (Å²) in [6.45, 7) is 7.59. The van der Waals surface area contributed by atoms with Crippen LogP contribution in [-0.4, -0.2) is 58.1 Å². The number of amides is 3. The van der Waals surface area contributed by atoms with Gasteiger partial charge in [0.15, 0.2) is 0 Å². The lowest BCUT2D eigenvalue weighted by molar-refractivity contribution is -0.142. The lowest BCUT2D eigenvalue weighted by Crippen LogP contribution is -2.58. The molecule has 7 N–H and O–H groups in total. The zero-order valence-corrected chi connectivity index (χ0v) is 23.6. The third kappa shape index (κ3) is 10.3. The van der Waals surface area contributed by atoms with E-state index in [-0.39, 0.29) is 30.4 Å². The van der Waals surface area contributed by atoms with Gasteiger partial charge in [0.2, 0.25) is 17.7 Å². The fraction of sp³-hybridized carbons (Fsp3) is 0.467. The number of rotatable bonds is 15. The lowest BCUT2D eigenvalue weighted by Gasteiger charge is -2.27. The minimum absolute atomic E-state index is 0.0320. The van der Waals surface area contributed by atoms with Crippen LogP contribution in [0.1, 0.15) is 51.7 Å². The molecule has 0 radical (unpaired) electrons. The number of carboxylic acids is 1. The Morgan fingerprint density at radius 2 is 1.25 bits per heavy atom. The number of aromatic hydroxyl groups is 1. The van der Waals surface area contributed by atoms with Gasteiger partial charge < -0.3 is 31.9 Å². The summed E-state index contributed by atoms with van der Waals surface area (Å²) >= 11 is 0. The predicted octanol–water partition coefficient (Wildman–Crippen LogP) is 2.14. The Morgan fingerprint density at radius 3 is 1.80 bits per heavy atom. The first-order valence-electron chi connectivity index (χ1n) is 13.6. The molecular weight excluding hydrogens is 512 g/mol. The van der Waals surface area contributed by atoms with Crippen molar-refractivity contribution in [3.8, 4) is 5.75 Å². The minimum Gasteiger partial charge on any atom is -0.508 e. The van der Waals surface area contributed by atoms with E-state index in [4.69, 9.17) is 5.73 Å². The number of phenols is 1. The van der Waals surface area contributed by atoms with Gasteiger partial charge in [-0.2, -0.15) is 0 Å². The first kappa shape index (κ1) is 32.3. The van der Waals surface area contributed by atoms with E-state index >= 15 is 0 Å². The molecule has 0 bridgehead atoms. The van der Waals surface area contributed by atoms with E-state index < -0.39 is 47.9 Å². The van der Waals surface area contributed by atoms with Crippen LogP contribution in [0.5, 0.6) is 5.75 Å². The van der Waals surface area contributed by atoms with Crippen molar-refractivity contribution in [1.82, 2.24) is 16.0 Å². The molecule has 0 spiro atoms. The molecule has 10 nitrogen and oxygen atoms in total. The molecule has 2 aromatic rings. The van der Waals surface area contributed by atoms with Crippen molar-refractivity contribution in [3.63, 3.8) is 0 Å². The van der Waals surface area contributed by atoms with Gasteiger partial charge in [0.1, 0.15) is 23.9 Å². The van der Waals surface area contributed by atoms with Crippen molar-refractivity contribution < 1.29 is 29.4 Å². The van der Waals surface area contributed by atoms with Gasteiger partial charge in [-0.25, -0.2) is 4.79 Å². The van der Waals surface area contributed by atoms with Gasteiger partial charge in [0, 0.05) is 12.8 Å². The van der Waals surface area contributed by atoms with Gasteiger partial charge in [0.25, 0.3) is 0 Å². The summed E-state index contributed by atoms with van der Waals surface area (Å²) in [5.41, 5.74) is 7.44. The van der Waals surface area contributed by atoms with Crippen LogP contribution in [0.4, 0.5) is 0 Å². The Kier molecular flexibility index (Phi) is 12.6. The maximum Gasteiger partial charge on any atom is 0.326 e. The number of aliphatic carboxylic acids is 1. The van der Waals surface area contributed by atoms with E-state index in [0.717, 1.165) is 5.56 Å². The summed E-state index contributed by atoms with van der Waals surface area (Å²) in [5, 5.41) is 27.4. The molecule has 0 aliphatic rings. The largest absolute Gasteiger partial charge is 0.508 e. The van der Waals surface area contributed by atoms with Gasteiger partial charge in [-0.1, -0.05) is 76.6 Å². The molecule has 5 unspecified atom stereocenters. The van der Waals surface area contributed by atoms with Crippen molar-refractivity contribution in [1.29, 1.82) is 0 Å². The Balaban J connectivity index is 2.28. The Hall–Kier alpha value is -3.92. The zero-order valence-electron chi connectivity index (χ0n) is 23.6. The number of benzene rings is 2. The molecule has 40 heavy (non-hydrogen) atoms. The quantitative estimate of drug-likeness (QED) is 0.196. The molecule has 2 rings (SSSR count). The van der Waals surface area contributed by atoms with Gasteiger partial charge in [-0.05, 0) is 41.5 Å². The predicted molar refractivity (Wildman–Crippen MR) is 152 cm³/mol. The Morgan fingerprint density at radius 1 is 0.750 bits per heavy atom. The van der Waals surface area contributed by atoms with Gasteiger partial charge in [-0.15, -0.1) is 0 Å². The van der Waals surface area contributed by atoms with Crippen LogP contribution in [0.3, 0.4) is 0 Å². The first-order chi connectivity index (χ1) is 18.9. The lowest BCUT2D eigenvalue weighted by atomic mass is 9.97. The normalized spacial score (nSPS) is 14.8. The van der Waals surface area contributed by atoms with Crippen molar-refractivity contribution in [3.05, 3.63) is 65.7 Å². The molecule has 0 saturated carbocycles. The van der Waals surface area contributed by atoms with E-state index in [0.29, 0.717) is 18.4 Å². The summed E-state index contributed by atoms with van der Waals surface area (Å²) in [6, 6.07) is 10.9. The highest BCUT2D eigenvalue weighted by atomic mass is 16.4. The van der Waals surface area contributed by atoms with E-state index in [1.54, 1.807) is 36.4 Å². The van der Waals surface area contributed by atoms with Crippen molar-refractivity contribution >= 4 is 23.7 Å². The second-order valence-corrected chi connectivity index (χ2v) is 10.6. The van der Waals surface area contributed by atoms with Crippen molar-refractivity contribution in [2.45, 2.75) is 77.5 Å². The average molecular weight is 555 g/mol. The van der Waals surface area contributed by atoms with E-state index in [9.17, 15) is 29.4 Å². The fourth-order valence-electron chi connectivity index (χ4n) is 4.15. The molecule has 5 atom stereocenters. The maximum absolute atomic E-state index is 13.4. The van der Waals surface area contributed by atoms with E-state index in [2.05, 4.69) is 16.0 Å². The number of hydrogen-bond donors (Lipinski definition) is 6. The number of carbonyl (C=O) groups excluding carboxylic acids is 3. The number of carboxylic acid groups (broad SMARTS) is 1. The number of hydrogen-bond acceptors (Lipinski definition) is 6. The SMILES string of the molecule is CCC(C)C(N)C(=O)NC(CC(C)C)C(=O)NC(Cc1ccc(O)cc1)C(=O)NC(Cc1ccccc1)C(=O)O. The smallest absolute Gasteiger partial charge is 0.326 e. The van der Waals surface area contributed by atoms with E-state index in [1.807, 2.05) is 33.8 Å². The topological polar surface area (TPSA) is 171 Å². The third-order valence-electron chi connectivity index (χ3n) is 6.81. The number of nitrogens with two attached hydrogens (primary N) is 1. The van der Waals surface area contributed by atoms with Crippen LogP contribution in [0.2, 0.25) is 0 Å². The van der Waals surface area contributed by atoms with Crippen LogP contribution in [0, 0.1) is 11.8 Å². The Labute approximate surface area is 235 Å². The summed E-state index contributed by atoms with van der Waals surface area (Å²) < 4.78 is 0. The van der Waals surface area contributed by atoms with Crippen molar-refractivity contribution in [2.75, 3.05) is 0 Å². The summed E-state index contributed by atoms with van der Waals surface area (Å²) in [7, 11) is 0. The van der Waals surface area contributed by atoms with E-state index in [1.165, 1.54) is 12.1 Å². The molecule has 0 aliphatic heterocycles. The van der Waals surface area contributed by atoms with Gasteiger partial charge >= 0.3 is 5.97 Å². The molecule has 0 saturated heterocycles. The second kappa shape index (κ2) is 15.6. The van der Waals surface area contributed by atoms with Crippen molar-refractivity contribution in [2.24, 2.45) is 17.6 Å². The summed E-state index contributed by atoms with van der Waals surface area (Å²) in [6.07, 6.45) is 1.09. The fourth-order valence-corrected chi connectivity index (χ4v) is 4.15. The molecule has 218 valence electrons. The first-order valence-corrected chi connectivity index (χ1v) is 13.6. The molecule has 0 fully saturated rings. The standard InChI is InChI=1S/C30H42N4O6/c1-5-19(4)26(31)29(38)33-23(15-18(2)3)27(36)32-24(16-21-11-13-22(35)14-12-21)28(37)34-25(30(39)40)17-20-9-7-6-8-10-20/h6-14,18-19,23-26,35H,5,15-17,31H2,1-4H3,(H,32,36)(H,33,38)(H,34,37)(H,39,40). The van der Waals surface area contributed by atoms with Crippen LogP contribution in [0.15, 0.2) is 54.6 Å². The highest BCUT2D eigenvalue weighted by molar-refractivity contribution is 5.94. The number of nitrogens with one attached hydrogen (secondary N) is 3. The van der Waals surface area contributed by atoms with Crippen LogP contribution in [-0.2, 0) is 32.0 Å². The molecule has 10 heteroatoms. The Bertz CT molecular complexity index is 1120. The summed E-state index contributed by atoms with van der Waals surface area (Å²) in [5.74, 6) is -2.93. The molecule has 2 aromatic carbocycles. The molecule has 0 heterocycles. The monoisotopic (exact) mass is 554 g/mol. The van der Waals surface area contributed by atoms with Crippen LogP contribution >= 0.6 is 0 Å². The number of carbonyl (C=O) groups is 4. The molecule has 3 amide bonds. The van der Waals surface area contributed by atoms with Crippen LogP contribution in [0.25, 0.3) is 0 Å². The second-order valence-electron chi connectivity index (χ2n) is 10.6.